The summed E-state index contributed by atoms with van der Waals surface area (Å²) in [5.41, 5.74) is 6.30. The van der Waals surface area contributed by atoms with Gasteiger partial charge in [0.15, 0.2) is 5.78 Å². The first-order chi connectivity index (χ1) is 20.6. The van der Waals surface area contributed by atoms with Crippen molar-refractivity contribution in [2.45, 2.75) is 58.0 Å². The molecule has 244 valence electrons. The van der Waals surface area contributed by atoms with E-state index >= 15 is 0 Å². The lowest BCUT2D eigenvalue weighted by atomic mass is 10.0. The molecule has 15 heteroatoms. The van der Waals surface area contributed by atoms with Crippen molar-refractivity contribution in [2.75, 3.05) is 66.3 Å². The van der Waals surface area contributed by atoms with E-state index in [2.05, 4.69) is 31.2 Å². The fourth-order valence-electron chi connectivity index (χ4n) is 3.98. The van der Waals surface area contributed by atoms with Crippen LogP contribution in [-0.2, 0) is 44.6 Å². The first-order valence-corrected chi connectivity index (χ1v) is 14.6. The number of imidazole rings is 1. The smallest absolute Gasteiger partial charge is 0.246 e. The highest BCUT2D eigenvalue weighted by Crippen LogP contribution is 2.05. The highest BCUT2D eigenvalue weighted by atomic mass is 16.5. The maximum atomic E-state index is 13.0. The number of ketones is 2. The molecule has 3 amide bonds. The number of amides is 3. The number of carbonyl (C=O) groups is 5. The van der Waals surface area contributed by atoms with Gasteiger partial charge in [-0.1, -0.05) is 13.8 Å². The van der Waals surface area contributed by atoms with E-state index < -0.39 is 18.0 Å². The normalized spacial score (nSPS) is 12.6. The van der Waals surface area contributed by atoms with Crippen molar-refractivity contribution in [1.29, 1.82) is 0 Å². The number of nitrogens with one attached hydrogen (secondary N) is 5. The molecule has 0 aliphatic rings. The number of hydrogen-bond acceptors (Lipinski definition) is 11. The van der Waals surface area contributed by atoms with Gasteiger partial charge in [0.1, 0.15) is 19.0 Å². The van der Waals surface area contributed by atoms with Crippen LogP contribution in [0.4, 0.5) is 0 Å². The van der Waals surface area contributed by atoms with Gasteiger partial charge >= 0.3 is 0 Å². The fourth-order valence-corrected chi connectivity index (χ4v) is 3.98. The zero-order valence-corrected chi connectivity index (χ0v) is 25.6. The fraction of sp³-hybridized carbons (Fsp3) is 0.714. The van der Waals surface area contributed by atoms with Crippen molar-refractivity contribution in [1.82, 2.24) is 31.2 Å². The number of aromatic amines is 1. The molecule has 43 heavy (non-hydrogen) atoms. The van der Waals surface area contributed by atoms with E-state index in [0.717, 1.165) is 5.69 Å². The number of Topliss-reactive ketones (excluding diaryl/α,β-unsaturated/α-hetero) is 2. The Morgan fingerprint density at radius 2 is 1.65 bits per heavy atom. The number of nitrogens with zero attached hydrogens (tertiary/aromatic N) is 1. The molecule has 1 rings (SSSR count). The van der Waals surface area contributed by atoms with Gasteiger partial charge in [0.2, 0.25) is 17.7 Å². The van der Waals surface area contributed by atoms with E-state index in [1.807, 2.05) is 13.8 Å². The molecule has 0 saturated heterocycles. The maximum Gasteiger partial charge on any atom is 0.246 e. The second kappa shape index (κ2) is 23.2. The van der Waals surface area contributed by atoms with Gasteiger partial charge < -0.3 is 40.9 Å². The van der Waals surface area contributed by atoms with Crippen molar-refractivity contribution < 1.29 is 38.2 Å². The molecule has 2 atom stereocenters. The van der Waals surface area contributed by atoms with Gasteiger partial charge in [-0.05, 0) is 31.6 Å². The van der Waals surface area contributed by atoms with E-state index in [4.69, 9.17) is 19.9 Å². The molecule has 0 fully saturated rings. The van der Waals surface area contributed by atoms with Crippen molar-refractivity contribution in [2.24, 2.45) is 11.7 Å². The van der Waals surface area contributed by atoms with Crippen LogP contribution in [0.15, 0.2) is 12.5 Å². The molecule has 0 aromatic carbocycles. The van der Waals surface area contributed by atoms with Gasteiger partial charge in [0, 0.05) is 38.5 Å². The third-order valence-corrected chi connectivity index (χ3v) is 6.32. The van der Waals surface area contributed by atoms with E-state index in [-0.39, 0.29) is 68.8 Å². The predicted molar refractivity (Wildman–Crippen MR) is 158 cm³/mol. The molecule has 1 aromatic rings. The summed E-state index contributed by atoms with van der Waals surface area (Å²) in [7, 11) is 1.44. The molecule has 0 unspecified atom stereocenters. The molecule has 7 N–H and O–H groups in total. The van der Waals surface area contributed by atoms with Gasteiger partial charge in [0.05, 0.1) is 51.3 Å². The van der Waals surface area contributed by atoms with Crippen LogP contribution in [0.3, 0.4) is 0 Å². The number of unbranched alkanes of at least 4 members (excludes halogenated alkanes) is 1. The number of H-pyrrole nitrogens is 1. The number of hydrogen-bond donors (Lipinski definition) is 6. The third-order valence-electron chi connectivity index (χ3n) is 6.32. The lowest BCUT2D eigenvalue weighted by Gasteiger charge is -2.22. The number of aryl methyl sites for hydroxylation is 1. The Balaban J connectivity index is 2.34. The molecule has 0 spiro atoms. The summed E-state index contributed by atoms with van der Waals surface area (Å²) in [5.74, 6) is -1.31. The van der Waals surface area contributed by atoms with Crippen molar-refractivity contribution in [3.8, 4) is 0 Å². The summed E-state index contributed by atoms with van der Waals surface area (Å²) in [4.78, 5) is 67.2. The average Bonchev–Trinajstić information content (AvgIpc) is 3.48. The minimum absolute atomic E-state index is 0.00261. The van der Waals surface area contributed by atoms with Crippen LogP contribution in [0, 0.1) is 5.92 Å². The van der Waals surface area contributed by atoms with E-state index in [9.17, 15) is 24.0 Å². The van der Waals surface area contributed by atoms with Crippen molar-refractivity contribution in [3.63, 3.8) is 0 Å². The summed E-state index contributed by atoms with van der Waals surface area (Å²) in [6.45, 7) is 5.13. The predicted octanol–water partition coefficient (Wildman–Crippen LogP) is -1.38. The first kappa shape index (κ1) is 37.8. The number of primary amides is 1. The summed E-state index contributed by atoms with van der Waals surface area (Å²) >= 11 is 0. The van der Waals surface area contributed by atoms with Gasteiger partial charge in [-0.3, -0.25) is 29.3 Å². The minimum Gasteiger partial charge on any atom is -0.377 e. The van der Waals surface area contributed by atoms with E-state index in [0.29, 0.717) is 51.8 Å². The molecule has 1 heterocycles. The monoisotopic (exact) mass is 611 g/mol. The number of aromatic nitrogens is 2. The summed E-state index contributed by atoms with van der Waals surface area (Å²) in [5, 5.41) is 11.4. The van der Waals surface area contributed by atoms with E-state index in [1.165, 1.54) is 7.11 Å². The Kier molecular flexibility index (Phi) is 20.4. The molecule has 15 nitrogen and oxygen atoms in total. The molecular weight excluding hydrogens is 562 g/mol. The van der Waals surface area contributed by atoms with Gasteiger partial charge in [-0.2, -0.15) is 0 Å². The highest BCUT2D eigenvalue weighted by molar-refractivity contribution is 5.88. The molecule has 0 aliphatic carbocycles. The number of methoxy groups -OCH3 is 1. The second-order valence-corrected chi connectivity index (χ2v) is 10.3. The summed E-state index contributed by atoms with van der Waals surface area (Å²) < 4.78 is 15.3. The van der Waals surface area contributed by atoms with Crippen LogP contribution < -0.4 is 27.0 Å². The quantitative estimate of drug-likeness (QED) is 0.0637. The van der Waals surface area contributed by atoms with Crippen LogP contribution in [0.1, 0.15) is 45.2 Å². The zero-order chi connectivity index (χ0) is 31.9. The Bertz CT molecular complexity index is 959. The summed E-state index contributed by atoms with van der Waals surface area (Å²) in [6.07, 6.45) is 5.74. The van der Waals surface area contributed by atoms with Crippen LogP contribution >= 0.6 is 0 Å². The van der Waals surface area contributed by atoms with E-state index in [1.54, 1.807) is 12.5 Å². The second-order valence-electron chi connectivity index (χ2n) is 10.3. The topological polar surface area (TPSA) is 216 Å². The van der Waals surface area contributed by atoms with Crippen LogP contribution in [0.25, 0.3) is 0 Å². The van der Waals surface area contributed by atoms with Crippen LogP contribution in [-0.4, -0.2) is 118 Å². The molecule has 0 aliphatic heterocycles. The average molecular weight is 612 g/mol. The first-order valence-electron chi connectivity index (χ1n) is 14.6. The number of nitrogens with two attached hydrogens (primary N) is 1. The molecule has 0 bridgehead atoms. The molecular formula is C28H49N7O8. The lowest BCUT2D eigenvalue weighted by molar-refractivity contribution is -0.127. The SMILES string of the molecule is COCC(=O)NCCOCCOCC(=O)NCCCC[C@H](NCC(=O)CCc1cnc[nH]1)C(=O)CN[C@@H](C(N)=O)C(C)C. The maximum absolute atomic E-state index is 13.0. The number of carbonyl (C=O) groups excluding carboxylic acids is 5. The molecule has 0 radical (unpaired) electrons. The van der Waals surface area contributed by atoms with Gasteiger partial charge in [0.25, 0.3) is 0 Å². The largest absolute Gasteiger partial charge is 0.377 e. The number of rotatable bonds is 27. The Morgan fingerprint density at radius 1 is 0.930 bits per heavy atom. The van der Waals surface area contributed by atoms with Crippen LogP contribution in [0.5, 0.6) is 0 Å². The lowest BCUT2D eigenvalue weighted by Crippen LogP contribution is -2.50. The Labute approximate surface area is 253 Å². The van der Waals surface area contributed by atoms with Crippen molar-refractivity contribution in [3.05, 3.63) is 18.2 Å². The molecule has 1 aromatic heterocycles. The summed E-state index contributed by atoms with van der Waals surface area (Å²) in [6, 6.07) is -1.24. The molecule has 0 saturated carbocycles. The highest BCUT2D eigenvalue weighted by Gasteiger charge is 2.23. The van der Waals surface area contributed by atoms with Gasteiger partial charge in [-0.15, -0.1) is 0 Å². The third kappa shape index (κ3) is 18.8. The minimum atomic E-state index is -0.640. The van der Waals surface area contributed by atoms with Gasteiger partial charge in [-0.25, -0.2) is 4.98 Å². The van der Waals surface area contributed by atoms with Crippen LogP contribution in [0.2, 0.25) is 0 Å². The van der Waals surface area contributed by atoms with Crippen molar-refractivity contribution >= 4 is 29.3 Å². The Hall–Kier alpha value is -3.24. The Morgan fingerprint density at radius 3 is 2.33 bits per heavy atom. The standard InChI is InChI=1S/C28H49N7O8/c1-20(2)27(28(29)40)34-16-24(37)23(33-15-22(36)8-7-21-14-30-19-35-21)6-4-5-9-31-26(39)18-43-13-12-42-11-10-32-25(38)17-41-3/h14,19-20,23,27,33-34H,4-13,15-18H2,1-3H3,(H2,29,40)(H,30,35)(H,31,39)(H,32,38)/t23-,27+/m0/s1. The number of ether oxygens (including phenoxy) is 3. The zero-order valence-electron chi connectivity index (χ0n) is 25.6.